The highest BCUT2D eigenvalue weighted by Crippen LogP contribution is 2.25. The lowest BCUT2D eigenvalue weighted by molar-refractivity contribution is 0.271. The van der Waals surface area contributed by atoms with Gasteiger partial charge in [-0.3, -0.25) is 10.00 Å². The lowest BCUT2D eigenvalue weighted by Gasteiger charge is -2.15. The highest BCUT2D eigenvalue weighted by molar-refractivity contribution is 5.29. The molecule has 0 saturated heterocycles. The van der Waals surface area contributed by atoms with Gasteiger partial charge in [0.25, 0.3) is 0 Å². The topological polar surface area (TPSA) is 44.0 Å². The lowest BCUT2D eigenvalue weighted by atomic mass is 10.2. The second-order valence-electron chi connectivity index (χ2n) is 4.79. The van der Waals surface area contributed by atoms with Crippen molar-refractivity contribution in [2.24, 2.45) is 0 Å². The molecule has 2 heterocycles. The summed E-state index contributed by atoms with van der Waals surface area (Å²) in [7, 11) is 1.96. The van der Waals surface area contributed by atoms with E-state index in [1.54, 1.807) is 0 Å². The van der Waals surface area contributed by atoms with Crippen molar-refractivity contribution in [3.63, 3.8) is 0 Å². The Bertz CT molecular complexity index is 518. The predicted molar refractivity (Wildman–Crippen MR) is 70.7 cm³/mol. The van der Waals surface area contributed by atoms with Crippen molar-refractivity contribution in [1.82, 2.24) is 20.4 Å². The average molecular weight is 242 g/mol. The molecule has 0 bridgehead atoms. The largest absolute Gasteiger partial charge is 0.314 e. The first-order valence-corrected chi connectivity index (χ1v) is 6.32. The van der Waals surface area contributed by atoms with Crippen LogP contribution in [0.2, 0.25) is 0 Å². The van der Waals surface area contributed by atoms with Crippen molar-refractivity contribution in [1.29, 1.82) is 0 Å². The SMILES string of the molecule is CNCc1n[nH]c2c1CN(Cc1ccccc1)C2. The van der Waals surface area contributed by atoms with E-state index < -0.39 is 0 Å². The number of nitrogens with zero attached hydrogens (tertiary/aromatic N) is 2. The molecule has 3 rings (SSSR count). The van der Waals surface area contributed by atoms with E-state index in [1.807, 2.05) is 7.05 Å². The Morgan fingerprint density at radius 2 is 2.11 bits per heavy atom. The Hall–Kier alpha value is -1.65. The quantitative estimate of drug-likeness (QED) is 0.856. The molecule has 0 aliphatic carbocycles. The van der Waals surface area contributed by atoms with Crippen LogP contribution in [0.1, 0.15) is 22.5 Å². The molecule has 94 valence electrons. The van der Waals surface area contributed by atoms with Gasteiger partial charge >= 0.3 is 0 Å². The molecule has 2 aromatic rings. The van der Waals surface area contributed by atoms with Gasteiger partial charge in [-0.1, -0.05) is 30.3 Å². The molecule has 0 fully saturated rings. The van der Waals surface area contributed by atoms with Crippen LogP contribution in [-0.2, 0) is 26.2 Å². The molecular formula is C14H18N4. The Kier molecular flexibility index (Phi) is 3.13. The van der Waals surface area contributed by atoms with E-state index in [1.165, 1.54) is 16.8 Å². The van der Waals surface area contributed by atoms with E-state index >= 15 is 0 Å². The first-order valence-electron chi connectivity index (χ1n) is 6.32. The summed E-state index contributed by atoms with van der Waals surface area (Å²) in [5.41, 5.74) is 5.17. The molecule has 1 aliphatic heterocycles. The molecule has 0 atom stereocenters. The van der Waals surface area contributed by atoms with Gasteiger partial charge in [0.15, 0.2) is 0 Å². The number of benzene rings is 1. The van der Waals surface area contributed by atoms with Crippen LogP contribution < -0.4 is 5.32 Å². The molecule has 18 heavy (non-hydrogen) atoms. The summed E-state index contributed by atoms with van der Waals surface area (Å²) in [4.78, 5) is 2.44. The van der Waals surface area contributed by atoms with E-state index in [0.717, 1.165) is 31.9 Å². The predicted octanol–water partition coefficient (Wildman–Crippen LogP) is 1.64. The number of nitrogens with one attached hydrogen (secondary N) is 2. The smallest absolute Gasteiger partial charge is 0.0808 e. The van der Waals surface area contributed by atoms with Gasteiger partial charge in [-0.05, 0) is 12.6 Å². The molecule has 4 nitrogen and oxygen atoms in total. The van der Waals surface area contributed by atoms with E-state index in [9.17, 15) is 0 Å². The second-order valence-corrected chi connectivity index (χ2v) is 4.79. The zero-order chi connectivity index (χ0) is 12.4. The van der Waals surface area contributed by atoms with Gasteiger partial charge in [-0.15, -0.1) is 0 Å². The van der Waals surface area contributed by atoms with Crippen LogP contribution in [0.15, 0.2) is 30.3 Å². The van der Waals surface area contributed by atoms with Crippen LogP contribution in [0.4, 0.5) is 0 Å². The lowest BCUT2D eigenvalue weighted by Crippen LogP contribution is -2.17. The maximum atomic E-state index is 4.35. The van der Waals surface area contributed by atoms with Gasteiger partial charge in [0.2, 0.25) is 0 Å². The summed E-state index contributed by atoms with van der Waals surface area (Å²) < 4.78 is 0. The summed E-state index contributed by atoms with van der Waals surface area (Å²) in [6, 6.07) is 10.6. The number of aromatic nitrogens is 2. The summed E-state index contributed by atoms with van der Waals surface area (Å²) >= 11 is 0. The summed E-state index contributed by atoms with van der Waals surface area (Å²) in [6.07, 6.45) is 0. The number of rotatable bonds is 4. The van der Waals surface area contributed by atoms with E-state index in [4.69, 9.17) is 0 Å². The van der Waals surface area contributed by atoms with E-state index in [2.05, 4.69) is 50.7 Å². The third-order valence-electron chi connectivity index (χ3n) is 3.40. The maximum Gasteiger partial charge on any atom is 0.0808 e. The normalized spacial score (nSPS) is 14.9. The molecule has 1 aromatic carbocycles. The Labute approximate surface area is 107 Å². The second kappa shape index (κ2) is 4.92. The molecule has 2 N–H and O–H groups in total. The fourth-order valence-electron chi connectivity index (χ4n) is 2.53. The number of H-pyrrole nitrogens is 1. The van der Waals surface area contributed by atoms with Crippen molar-refractivity contribution in [3.8, 4) is 0 Å². The Morgan fingerprint density at radius 1 is 1.28 bits per heavy atom. The van der Waals surface area contributed by atoms with Crippen LogP contribution in [0, 0.1) is 0 Å². The van der Waals surface area contributed by atoms with Crippen LogP contribution in [0.3, 0.4) is 0 Å². The molecule has 1 aliphatic rings. The number of hydrogen-bond donors (Lipinski definition) is 2. The molecule has 0 unspecified atom stereocenters. The summed E-state index contributed by atoms with van der Waals surface area (Å²) in [5, 5.41) is 10.7. The number of hydrogen-bond acceptors (Lipinski definition) is 3. The molecule has 0 spiro atoms. The van der Waals surface area contributed by atoms with Gasteiger partial charge in [-0.2, -0.15) is 5.10 Å². The van der Waals surface area contributed by atoms with Crippen LogP contribution in [-0.4, -0.2) is 22.1 Å². The molecule has 0 saturated carbocycles. The molecule has 1 aromatic heterocycles. The van der Waals surface area contributed by atoms with Gasteiger partial charge < -0.3 is 5.32 Å². The Balaban J connectivity index is 1.69. The highest BCUT2D eigenvalue weighted by Gasteiger charge is 2.24. The standard InChI is InChI=1S/C14H18N4/c1-15-7-13-12-9-18(10-14(12)17-16-13)8-11-5-3-2-4-6-11/h2-6,15H,7-10H2,1H3,(H,16,17). The van der Waals surface area contributed by atoms with Crippen molar-refractivity contribution in [3.05, 3.63) is 52.8 Å². The molecule has 0 radical (unpaired) electrons. The van der Waals surface area contributed by atoms with Crippen LogP contribution >= 0.6 is 0 Å². The maximum absolute atomic E-state index is 4.35. The molecular weight excluding hydrogens is 224 g/mol. The van der Waals surface area contributed by atoms with Gasteiger partial charge in [0.1, 0.15) is 0 Å². The monoisotopic (exact) mass is 242 g/mol. The van der Waals surface area contributed by atoms with Gasteiger partial charge in [0, 0.05) is 31.7 Å². The zero-order valence-corrected chi connectivity index (χ0v) is 10.6. The minimum atomic E-state index is 0.838. The first kappa shape index (κ1) is 11.4. The van der Waals surface area contributed by atoms with Crippen molar-refractivity contribution in [2.75, 3.05) is 7.05 Å². The highest BCUT2D eigenvalue weighted by atomic mass is 15.2. The van der Waals surface area contributed by atoms with Crippen molar-refractivity contribution < 1.29 is 0 Å². The van der Waals surface area contributed by atoms with Crippen LogP contribution in [0.25, 0.3) is 0 Å². The van der Waals surface area contributed by atoms with Crippen LogP contribution in [0.5, 0.6) is 0 Å². The fourth-order valence-corrected chi connectivity index (χ4v) is 2.53. The molecule has 4 heteroatoms. The van der Waals surface area contributed by atoms with Gasteiger partial charge in [0.05, 0.1) is 11.4 Å². The minimum absolute atomic E-state index is 0.838. The summed E-state index contributed by atoms with van der Waals surface area (Å²) in [6.45, 7) is 3.81. The Morgan fingerprint density at radius 3 is 2.89 bits per heavy atom. The third kappa shape index (κ3) is 2.17. The van der Waals surface area contributed by atoms with E-state index in [-0.39, 0.29) is 0 Å². The zero-order valence-electron chi connectivity index (χ0n) is 10.6. The number of fused-ring (bicyclic) bond motifs is 1. The van der Waals surface area contributed by atoms with Crippen molar-refractivity contribution in [2.45, 2.75) is 26.2 Å². The van der Waals surface area contributed by atoms with Crippen molar-refractivity contribution >= 4 is 0 Å². The third-order valence-corrected chi connectivity index (χ3v) is 3.40. The minimum Gasteiger partial charge on any atom is -0.314 e. The fraction of sp³-hybridized carbons (Fsp3) is 0.357. The first-order chi connectivity index (χ1) is 8.86. The van der Waals surface area contributed by atoms with Gasteiger partial charge in [-0.25, -0.2) is 0 Å². The average Bonchev–Trinajstić information content (AvgIpc) is 2.93. The van der Waals surface area contributed by atoms with E-state index in [0.29, 0.717) is 0 Å². The summed E-state index contributed by atoms with van der Waals surface area (Å²) in [5.74, 6) is 0. The number of aromatic amines is 1. The molecule has 0 amide bonds.